The zero-order valence-corrected chi connectivity index (χ0v) is 10.8. The van der Waals surface area contributed by atoms with Crippen molar-refractivity contribution in [2.24, 2.45) is 11.7 Å². The van der Waals surface area contributed by atoms with Gasteiger partial charge in [-0.3, -0.25) is 4.79 Å². The second-order valence-corrected chi connectivity index (χ2v) is 4.54. The number of carbonyl (C=O) groups is 1. The Kier molecular flexibility index (Phi) is 9.24. The van der Waals surface area contributed by atoms with Crippen LogP contribution in [-0.2, 0) is 9.53 Å². The Labute approximate surface area is 98.9 Å². The highest BCUT2D eigenvalue weighted by Gasteiger charge is 2.11. The first-order valence-electron chi connectivity index (χ1n) is 6.17. The van der Waals surface area contributed by atoms with E-state index < -0.39 is 0 Å². The van der Waals surface area contributed by atoms with Crippen LogP contribution >= 0.6 is 0 Å². The molecule has 4 nitrogen and oxygen atoms in total. The zero-order valence-electron chi connectivity index (χ0n) is 10.8. The maximum absolute atomic E-state index is 11.5. The number of amides is 1. The first-order chi connectivity index (χ1) is 7.60. The molecular weight excluding hydrogens is 204 g/mol. The lowest BCUT2D eigenvalue weighted by Gasteiger charge is -2.18. The third-order valence-electron chi connectivity index (χ3n) is 2.28. The molecule has 0 rings (SSSR count). The van der Waals surface area contributed by atoms with Crippen LogP contribution in [0.25, 0.3) is 0 Å². The molecule has 0 fully saturated rings. The predicted octanol–water partition coefficient (Wildman–Crippen LogP) is 1.29. The lowest BCUT2D eigenvalue weighted by molar-refractivity contribution is -0.126. The summed E-state index contributed by atoms with van der Waals surface area (Å²) >= 11 is 0. The van der Waals surface area contributed by atoms with Crippen LogP contribution in [0.15, 0.2) is 0 Å². The number of ether oxygens (including phenoxy) is 1. The van der Waals surface area contributed by atoms with Crippen molar-refractivity contribution in [1.29, 1.82) is 0 Å². The topological polar surface area (TPSA) is 64.3 Å². The highest BCUT2D eigenvalue weighted by atomic mass is 16.5. The average molecular weight is 230 g/mol. The molecule has 0 aliphatic rings. The highest BCUT2D eigenvalue weighted by Crippen LogP contribution is 2.03. The van der Waals surface area contributed by atoms with Gasteiger partial charge in [0.15, 0.2) is 0 Å². The summed E-state index contributed by atoms with van der Waals surface area (Å²) in [5.41, 5.74) is 5.59. The van der Waals surface area contributed by atoms with E-state index in [1.807, 2.05) is 0 Å². The lowest BCUT2D eigenvalue weighted by atomic mass is 10.0. The van der Waals surface area contributed by atoms with E-state index in [-0.39, 0.29) is 18.6 Å². The number of nitrogens with two attached hydrogens (primary N) is 1. The number of hydrogen-bond acceptors (Lipinski definition) is 3. The summed E-state index contributed by atoms with van der Waals surface area (Å²) in [6.45, 7) is 7.62. The van der Waals surface area contributed by atoms with Gasteiger partial charge in [-0.2, -0.15) is 0 Å². The van der Waals surface area contributed by atoms with Crippen LogP contribution in [-0.4, -0.2) is 31.7 Å². The Hall–Kier alpha value is -0.610. The molecular formula is C12H26N2O2. The second kappa shape index (κ2) is 9.60. The molecule has 16 heavy (non-hydrogen) atoms. The van der Waals surface area contributed by atoms with Gasteiger partial charge in [0, 0.05) is 19.2 Å². The summed E-state index contributed by atoms with van der Waals surface area (Å²) in [6.07, 6.45) is 3.00. The monoisotopic (exact) mass is 230 g/mol. The van der Waals surface area contributed by atoms with E-state index in [1.165, 1.54) is 0 Å². The first-order valence-corrected chi connectivity index (χ1v) is 6.17. The molecule has 0 heterocycles. The number of rotatable bonds is 9. The summed E-state index contributed by atoms with van der Waals surface area (Å²) in [6, 6.07) is 0.0716. The summed E-state index contributed by atoms with van der Waals surface area (Å²) in [5, 5.41) is 2.89. The van der Waals surface area contributed by atoms with Crippen LogP contribution in [0.2, 0.25) is 0 Å². The van der Waals surface area contributed by atoms with Gasteiger partial charge in [0.2, 0.25) is 5.91 Å². The first kappa shape index (κ1) is 15.4. The zero-order chi connectivity index (χ0) is 12.4. The van der Waals surface area contributed by atoms with E-state index in [2.05, 4.69) is 26.1 Å². The van der Waals surface area contributed by atoms with E-state index in [1.54, 1.807) is 0 Å². The molecule has 0 saturated carbocycles. The fraction of sp³-hybridized carbons (Fsp3) is 0.917. The maximum Gasteiger partial charge on any atom is 0.246 e. The predicted molar refractivity (Wildman–Crippen MR) is 66.2 cm³/mol. The quantitative estimate of drug-likeness (QED) is 0.587. The molecule has 0 saturated heterocycles. The SMILES string of the molecule is CCCCOCC(=O)NC(CN)CC(C)C. The van der Waals surface area contributed by atoms with Gasteiger partial charge in [0.25, 0.3) is 0 Å². The number of carbonyl (C=O) groups excluding carboxylic acids is 1. The van der Waals surface area contributed by atoms with Crippen molar-refractivity contribution in [1.82, 2.24) is 5.32 Å². The van der Waals surface area contributed by atoms with Crippen LogP contribution in [0.5, 0.6) is 0 Å². The Balaban J connectivity index is 3.66. The average Bonchev–Trinajstić information content (AvgIpc) is 2.23. The second-order valence-electron chi connectivity index (χ2n) is 4.54. The number of unbranched alkanes of at least 4 members (excludes halogenated alkanes) is 1. The lowest BCUT2D eigenvalue weighted by Crippen LogP contribution is -2.42. The molecule has 3 N–H and O–H groups in total. The van der Waals surface area contributed by atoms with Crippen molar-refractivity contribution in [2.45, 2.75) is 46.1 Å². The number of nitrogens with one attached hydrogen (secondary N) is 1. The van der Waals surface area contributed by atoms with Gasteiger partial charge < -0.3 is 15.8 Å². The van der Waals surface area contributed by atoms with E-state index in [4.69, 9.17) is 10.5 Å². The van der Waals surface area contributed by atoms with Gasteiger partial charge in [0.1, 0.15) is 6.61 Å². The van der Waals surface area contributed by atoms with Crippen LogP contribution in [0, 0.1) is 5.92 Å². The highest BCUT2D eigenvalue weighted by molar-refractivity contribution is 5.77. The van der Waals surface area contributed by atoms with Crippen LogP contribution in [0.3, 0.4) is 0 Å². The number of hydrogen-bond donors (Lipinski definition) is 2. The fourth-order valence-corrected chi connectivity index (χ4v) is 1.46. The van der Waals surface area contributed by atoms with Gasteiger partial charge in [-0.05, 0) is 18.8 Å². The van der Waals surface area contributed by atoms with E-state index in [9.17, 15) is 4.79 Å². The summed E-state index contributed by atoms with van der Waals surface area (Å²) in [7, 11) is 0. The summed E-state index contributed by atoms with van der Waals surface area (Å²) < 4.78 is 5.23. The summed E-state index contributed by atoms with van der Waals surface area (Å²) in [5.74, 6) is 0.474. The molecule has 0 aliphatic carbocycles. The minimum Gasteiger partial charge on any atom is -0.372 e. The fourth-order valence-electron chi connectivity index (χ4n) is 1.46. The Bertz CT molecular complexity index is 184. The normalized spacial score (nSPS) is 12.8. The van der Waals surface area contributed by atoms with Crippen molar-refractivity contribution < 1.29 is 9.53 Å². The van der Waals surface area contributed by atoms with Crippen LogP contribution in [0.1, 0.15) is 40.0 Å². The molecule has 4 heteroatoms. The Morgan fingerprint density at radius 2 is 2.12 bits per heavy atom. The van der Waals surface area contributed by atoms with Gasteiger partial charge in [-0.1, -0.05) is 27.2 Å². The molecule has 96 valence electrons. The van der Waals surface area contributed by atoms with Gasteiger partial charge in [-0.15, -0.1) is 0 Å². The van der Waals surface area contributed by atoms with E-state index in [0.717, 1.165) is 19.3 Å². The van der Waals surface area contributed by atoms with Crippen molar-refractivity contribution in [2.75, 3.05) is 19.8 Å². The third-order valence-corrected chi connectivity index (χ3v) is 2.28. The van der Waals surface area contributed by atoms with Crippen molar-refractivity contribution >= 4 is 5.91 Å². The summed E-state index contributed by atoms with van der Waals surface area (Å²) in [4.78, 5) is 11.5. The van der Waals surface area contributed by atoms with Gasteiger partial charge >= 0.3 is 0 Å². The molecule has 1 amide bonds. The Morgan fingerprint density at radius 1 is 1.44 bits per heavy atom. The van der Waals surface area contributed by atoms with Gasteiger partial charge in [-0.25, -0.2) is 0 Å². The molecule has 0 spiro atoms. The molecule has 1 unspecified atom stereocenters. The van der Waals surface area contributed by atoms with Crippen molar-refractivity contribution in [3.05, 3.63) is 0 Å². The molecule has 0 aromatic rings. The van der Waals surface area contributed by atoms with E-state index in [0.29, 0.717) is 19.1 Å². The van der Waals surface area contributed by atoms with E-state index >= 15 is 0 Å². The minimum absolute atomic E-state index is 0.0628. The van der Waals surface area contributed by atoms with Crippen molar-refractivity contribution in [3.8, 4) is 0 Å². The minimum atomic E-state index is -0.0628. The molecule has 0 aromatic carbocycles. The maximum atomic E-state index is 11.5. The molecule has 0 bridgehead atoms. The molecule has 0 aromatic heterocycles. The van der Waals surface area contributed by atoms with Crippen LogP contribution in [0.4, 0.5) is 0 Å². The standard InChI is InChI=1S/C12H26N2O2/c1-4-5-6-16-9-12(15)14-11(8-13)7-10(2)3/h10-11H,4-9,13H2,1-3H3,(H,14,15). The van der Waals surface area contributed by atoms with Gasteiger partial charge in [0.05, 0.1) is 0 Å². The Morgan fingerprint density at radius 3 is 2.62 bits per heavy atom. The molecule has 1 atom stereocenters. The smallest absolute Gasteiger partial charge is 0.246 e. The third kappa shape index (κ3) is 8.68. The largest absolute Gasteiger partial charge is 0.372 e. The molecule has 0 aliphatic heterocycles. The van der Waals surface area contributed by atoms with Crippen molar-refractivity contribution in [3.63, 3.8) is 0 Å². The van der Waals surface area contributed by atoms with Crippen LogP contribution < -0.4 is 11.1 Å². The molecule has 0 radical (unpaired) electrons.